The molecular formula is C8H11BrO. The summed E-state index contributed by atoms with van der Waals surface area (Å²) in [6.45, 7) is 0.432. The van der Waals surface area contributed by atoms with E-state index in [1.54, 1.807) is 0 Å². The molecule has 4 atom stereocenters. The maximum atomic E-state index is 8.91. The Balaban J connectivity index is 1.80. The molecule has 1 N–H and O–H groups in total. The minimum absolute atomic E-state index is 0.432. The standard InChI is InChI=1S/C8H11BrO/c9-6-2-8(6)4-7(8)1-5(7)3-10/h5-6,10H,1-4H2/t5-,6+,7-,8+/m0/s1. The molecule has 0 aromatic rings. The number of aliphatic hydroxyl groups is 1. The van der Waals surface area contributed by atoms with Crippen LogP contribution in [-0.2, 0) is 0 Å². The topological polar surface area (TPSA) is 20.2 Å². The lowest BCUT2D eigenvalue weighted by Gasteiger charge is -1.88. The molecule has 1 nitrogen and oxygen atoms in total. The maximum Gasteiger partial charge on any atom is 0.0465 e. The summed E-state index contributed by atoms with van der Waals surface area (Å²) in [6, 6.07) is 0. The third-order valence-electron chi connectivity index (χ3n) is 3.93. The first-order chi connectivity index (χ1) is 4.75. The first-order valence-corrected chi connectivity index (χ1v) is 4.92. The van der Waals surface area contributed by atoms with E-state index in [2.05, 4.69) is 15.9 Å². The van der Waals surface area contributed by atoms with E-state index in [4.69, 9.17) is 5.11 Å². The Morgan fingerprint density at radius 1 is 1.40 bits per heavy atom. The van der Waals surface area contributed by atoms with Crippen LogP contribution in [-0.4, -0.2) is 16.5 Å². The number of fused-ring (bicyclic) bond motifs is 1. The quantitative estimate of drug-likeness (QED) is 0.641. The molecule has 10 heavy (non-hydrogen) atoms. The number of hydrogen-bond donors (Lipinski definition) is 1. The van der Waals surface area contributed by atoms with Gasteiger partial charge in [-0.2, -0.15) is 0 Å². The second-order valence-electron chi connectivity index (χ2n) is 4.24. The Bertz CT molecular complexity index is 205. The summed E-state index contributed by atoms with van der Waals surface area (Å²) < 4.78 is 0. The van der Waals surface area contributed by atoms with Gasteiger partial charge in [0.15, 0.2) is 0 Å². The molecule has 2 heteroatoms. The number of aliphatic hydroxyl groups excluding tert-OH is 1. The molecule has 0 unspecified atom stereocenters. The van der Waals surface area contributed by atoms with E-state index in [0.717, 1.165) is 4.83 Å². The largest absolute Gasteiger partial charge is 0.396 e. The fourth-order valence-electron chi connectivity index (χ4n) is 2.92. The van der Waals surface area contributed by atoms with Crippen LogP contribution < -0.4 is 0 Å². The smallest absolute Gasteiger partial charge is 0.0465 e. The van der Waals surface area contributed by atoms with Crippen LogP contribution in [0, 0.1) is 16.7 Å². The second kappa shape index (κ2) is 1.34. The van der Waals surface area contributed by atoms with E-state index < -0.39 is 0 Å². The van der Waals surface area contributed by atoms with Gasteiger partial charge >= 0.3 is 0 Å². The molecule has 3 fully saturated rings. The molecule has 0 radical (unpaired) electrons. The number of hydrogen-bond acceptors (Lipinski definition) is 1. The average molecular weight is 203 g/mol. The Morgan fingerprint density at radius 2 is 2.10 bits per heavy atom. The third-order valence-corrected chi connectivity index (χ3v) is 5.13. The van der Waals surface area contributed by atoms with Crippen molar-refractivity contribution in [2.24, 2.45) is 16.7 Å². The first-order valence-electron chi connectivity index (χ1n) is 4.00. The summed E-state index contributed by atoms with van der Waals surface area (Å²) in [5, 5.41) is 8.91. The molecule has 0 aliphatic heterocycles. The van der Waals surface area contributed by atoms with Crippen LogP contribution in [0.25, 0.3) is 0 Å². The second-order valence-corrected chi connectivity index (χ2v) is 5.35. The van der Waals surface area contributed by atoms with Crippen molar-refractivity contribution in [2.75, 3.05) is 6.61 Å². The fourth-order valence-corrected chi connectivity index (χ4v) is 4.12. The molecule has 0 aromatic heterocycles. The van der Waals surface area contributed by atoms with Gasteiger partial charge < -0.3 is 5.11 Å². The lowest BCUT2D eigenvalue weighted by molar-refractivity contribution is 0.264. The van der Waals surface area contributed by atoms with Gasteiger partial charge in [0, 0.05) is 11.4 Å². The zero-order chi connectivity index (χ0) is 6.98. The molecule has 0 bridgehead atoms. The minimum atomic E-state index is 0.432. The van der Waals surface area contributed by atoms with Crippen LogP contribution in [0.2, 0.25) is 0 Å². The predicted molar refractivity (Wildman–Crippen MR) is 42.0 cm³/mol. The normalized spacial score (nSPS) is 69.0. The van der Waals surface area contributed by atoms with Crippen molar-refractivity contribution < 1.29 is 5.11 Å². The van der Waals surface area contributed by atoms with E-state index >= 15 is 0 Å². The first kappa shape index (κ1) is 6.01. The highest BCUT2D eigenvalue weighted by atomic mass is 79.9. The molecule has 0 saturated heterocycles. The van der Waals surface area contributed by atoms with Gasteiger partial charge in [0.25, 0.3) is 0 Å². The maximum absolute atomic E-state index is 8.91. The molecule has 56 valence electrons. The van der Waals surface area contributed by atoms with Gasteiger partial charge in [0.05, 0.1) is 0 Å². The van der Waals surface area contributed by atoms with Gasteiger partial charge in [0.1, 0.15) is 0 Å². The van der Waals surface area contributed by atoms with E-state index in [1.165, 1.54) is 19.3 Å². The molecular weight excluding hydrogens is 192 g/mol. The van der Waals surface area contributed by atoms with Crippen LogP contribution in [0.5, 0.6) is 0 Å². The van der Waals surface area contributed by atoms with Gasteiger partial charge in [0.2, 0.25) is 0 Å². The van der Waals surface area contributed by atoms with Crippen LogP contribution in [0.15, 0.2) is 0 Å². The monoisotopic (exact) mass is 202 g/mol. The van der Waals surface area contributed by atoms with Crippen LogP contribution in [0.4, 0.5) is 0 Å². The minimum Gasteiger partial charge on any atom is -0.396 e. The summed E-state index contributed by atoms with van der Waals surface area (Å²) in [7, 11) is 0. The molecule has 0 amide bonds. The van der Waals surface area contributed by atoms with Crippen molar-refractivity contribution in [3.63, 3.8) is 0 Å². The van der Waals surface area contributed by atoms with Crippen molar-refractivity contribution >= 4 is 15.9 Å². The Hall–Kier alpha value is 0.440. The van der Waals surface area contributed by atoms with Gasteiger partial charge in [-0.15, -0.1) is 0 Å². The van der Waals surface area contributed by atoms with Crippen molar-refractivity contribution in [3.8, 4) is 0 Å². The van der Waals surface area contributed by atoms with Crippen LogP contribution in [0.1, 0.15) is 19.3 Å². The Morgan fingerprint density at radius 3 is 2.40 bits per heavy atom. The summed E-state index contributed by atoms with van der Waals surface area (Å²) in [5.74, 6) is 0.676. The van der Waals surface area contributed by atoms with Gasteiger partial charge in [-0.3, -0.25) is 0 Å². The number of alkyl halides is 1. The zero-order valence-electron chi connectivity index (χ0n) is 5.81. The van der Waals surface area contributed by atoms with E-state index in [1.807, 2.05) is 0 Å². The van der Waals surface area contributed by atoms with Crippen molar-refractivity contribution in [2.45, 2.75) is 24.1 Å². The SMILES string of the molecule is OC[C@@H]1C[C@]12C[C@@]21C[C@H]1Br. The van der Waals surface area contributed by atoms with Crippen LogP contribution in [0.3, 0.4) is 0 Å². The highest BCUT2D eigenvalue weighted by Gasteiger charge is 2.87. The molecule has 3 aliphatic rings. The van der Waals surface area contributed by atoms with E-state index in [-0.39, 0.29) is 0 Å². The zero-order valence-corrected chi connectivity index (χ0v) is 7.39. The van der Waals surface area contributed by atoms with Gasteiger partial charge in [-0.05, 0) is 36.0 Å². The highest BCUT2D eigenvalue weighted by Crippen LogP contribution is 2.92. The molecule has 3 aliphatic carbocycles. The highest BCUT2D eigenvalue weighted by molar-refractivity contribution is 9.09. The van der Waals surface area contributed by atoms with Gasteiger partial charge in [-0.25, -0.2) is 0 Å². The predicted octanol–water partition coefficient (Wildman–Crippen LogP) is 1.54. The van der Waals surface area contributed by atoms with E-state index in [9.17, 15) is 0 Å². The van der Waals surface area contributed by atoms with Crippen molar-refractivity contribution in [1.29, 1.82) is 0 Å². The molecule has 0 aromatic carbocycles. The van der Waals surface area contributed by atoms with Crippen molar-refractivity contribution in [1.82, 2.24) is 0 Å². The van der Waals surface area contributed by atoms with Crippen LogP contribution >= 0.6 is 15.9 Å². The molecule has 0 heterocycles. The van der Waals surface area contributed by atoms with E-state index in [0.29, 0.717) is 23.4 Å². The lowest BCUT2D eigenvalue weighted by Crippen LogP contribution is -1.91. The summed E-state index contributed by atoms with van der Waals surface area (Å²) in [4.78, 5) is 0.802. The molecule has 3 rings (SSSR count). The fraction of sp³-hybridized carbons (Fsp3) is 1.00. The Kier molecular flexibility index (Phi) is 0.803. The molecule has 2 spiro atoms. The van der Waals surface area contributed by atoms with Gasteiger partial charge in [-0.1, -0.05) is 15.9 Å². The van der Waals surface area contributed by atoms with Crippen molar-refractivity contribution in [3.05, 3.63) is 0 Å². The number of halogens is 1. The third kappa shape index (κ3) is 0.418. The number of rotatable bonds is 1. The molecule has 3 saturated carbocycles. The summed E-state index contributed by atoms with van der Waals surface area (Å²) >= 11 is 3.66. The summed E-state index contributed by atoms with van der Waals surface area (Å²) in [6.07, 6.45) is 4.09. The average Bonchev–Trinajstić information content (AvgIpc) is 2.77. The summed E-state index contributed by atoms with van der Waals surface area (Å²) in [5.41, 5.74) is 1.34. The Labute approximate surface area is 68.9 Å². The lowest BCUT2D eigenvalue weighted by atomic mass is 10.2.